The van der Waals surface area contributed by atoms with Crippen LogP contribution in [0.2, 0.25) is 0 Å². The number of pyridine rings is 1. The fraction of sp³-hybridized carbons (Fsp3) is 0. The minimum atomic E-state index is -0.325. The summed E-state index contributed by atoms with van der Waals surface area (Å²) in [6.45, 7) is 0. The Bertz CT molecular complexity index is 1010. The largest absolute Gasteiger partial charge is 0.435 e. The number of benzene rings is 2. The van der Waals surface area contributed by atoms with Gasteiger partial charge < -0.3 is 9.73 Å². The lowest BCUT2D eigenvalue weighted by Crippen LogP contribution is -2.13. The molecule has 0 aliphatic rings. The Kier molecular flexibility index (Phi) is 4.26. The number of aromatic nitrogens is 2. The Labute approximate surface area is 150 Å². The topological polar surface area (TPSA) is 68.0 Å². The molecule has 0 bridgehead atoms. The number of amides is 1. The average molecular weight is 341 g/mol. The molecule has 0 fully saturated rings. The van der Waals surface area contributed by atoms with E-state index in [2.05, 4.69) is 15.3 Å². The molecule has 0 radical (unpaired) electrons. The molecule has 1 N–H and O–H groups in total. The second-order valence-electron chi connectivity index (χ2n) is 5.62. The maximum atomic E-state index is 12.8. The van der Waals surface area contributed by atoms with E-state index in [9.17, 15) is 4.79 Å². The molecule has 2 heterocycles. The number of carbonyl (C=O) groups is 1. The predicted molar refractivity (Wildman–Crippen MR) is 99.6 cm³/mol. The van der Waals surface area contributed by atoms with E-state index in [4.69, 9.17) is 4.42 Å². The van der Waals surface area contributed by atoms with Gasteiger partial charge in [-0.3, -0.25) is 9.78 Å². The lowest BCUT2D eigenvalue weighted by atomic mass is 10.1. The van der Waals surface area contributed by atoms with Crippen molar-refractivity contribution >= 4 is 11.6 Å². The Morgan fingerprint density at radius 3 is 2.15 bits per heavy atom. The van der Waals surface area contributed by atoms with Crippen LogP contribution in [0.3, 0.4) is 0 Å². The molecule has 1 amide bonds. The van der Waals surface area contributed by atoms with E-state index in [1.807, 2.05) is 60.7 Å². The summed E-state index contributed by atoms with van der Waals surface area (Å²) in [5, 5.41) is 2.86. The molecule has 2 aromatic heterocycles. The first-order valence-corrected chi connectivity index (χ1v) is 8.14. The van der Waals surface area contributed by atoms with Crippen LogP contribution in [-0.2, 0) is 0 Å². The molecule has 0 saturated heterocycles. The molecule has 0 saturated carbocycles. The minimum absolute atomic E-state index is 0.235. The number of para-hydroxylation sites is 1. The molecule has 0 atom stereocenters. The van der Waals surface area contributed by atoms with E-state index in [1.54, 1.807) is 24.5 Å². The standard InChI is InChI=1S/C21H15N3O2/c25-20(23-17-9-5-2-6-10-17)18-19(15-11-13-22-14-12-15)26-21(24-18)16-7-3-1-4-8-16/h1-14H,(H,23,25). The fourth-order valence-corrected chi connectivity index (χ4v) is 2.59. The van der Waals surface area contributed by atoms with Crippen molar-refractivity contribution in [2.75, 3.05) is 5.32 Å². The van der Waals surface area contributed by atoms with Gasteiger partial charge >= 0.3 is 0 Å². The van der Waals surface area contributed by atoms with E-state index in [-0.39, 0.29) is 11.6 Å². The monoisotopic (exact) mass is 341 g/mol. The number of anilines is 1. The Hall–Kier alpha value is -3.73. The van der Waals surface area contributed by atoms with Crippen LogP contribution in [0.15, 0.2) is 89.6 Å². The van der Waals surface area contributed by atoms with Crippen molar-refractivity contribution < 1.29 is 9.21 Å². The van der Waals surface area contributed by atoms with Crippen LogP contribution >= 0.6 is 0 Å². The fourth-order valence-electron chi connectivity index (χ4n) is 2.59. The zero-order chi connectivity index (χ0) is 17.8. The van der Waals surface area contributed by atoms with Crippen molar-refractivity contribution in [3.8, 4) is 22.8 Å². The smallest absolute Gasteiger partial charge is 0.278 e. The van der Waals surface area contributed by atoms with Gasteiger partial charge in [0.25, 0.3) is 5.91 Å². The van der Waals surface area contributed by atoms with Crippen LogP contribution in [0.25, 0.3) is 22.8 Å². The van der Waals surface area contributed by atoms with Crippen molar-refractivity contribution in [2.45, 2.75) is 0 Å². The molecule has 0 aliphatic heterocycles. The third-order valence-corrected chi connectivity index (χ3v) is 3.84. The normalized spacial score (nSPS) is 10.5. The highest BCUT2D eigenvalue weighted by Crippen LogP contribution is 2.30. The lowest BCUT2D eigenvalue weighted by Gasteiger charge is -2.04. The molecule has 4 rings (SSSR count). The van der Waals surface area contributed by atoms with Crippen LogP contribution in [0, 0.1) is 0 Å². The van der Waals surface area contributed by atoms with Crippen LogP contribution in [0.5, 0.6) is 0 Å². The Morgan fingerprint density at radius 1 is 0.808 bits per heavy atom. The van der Waals surface area contributed by atoms with Crippen molar-refractivity contribution in [1.82, 2.24) is 9.97 Å². The predicted octanol–water partition coefficient (Wildman–Crippen LogP) is 4.66. The zero-order valence-electron chi connectivity index (χ0n) is 13.8. The zero-order valence-corrected chi connectivity index (χ0v) is 13.8. The number of hydrogen-bond donors (Lipinski definition) is 1. The third kappa shape index (κ3) is 3.23. The summed E-state index contributed by atoms with van der Waals surface area (Å²) in [4.78, 5) is 21.3. The molecule has 0 spiro atoms. The quantitative estimate of drug-likeness (QED) is 0.586. The van der Waals surface area contributed by atoms with Gasteiger partial charge in [-0.15, -0.1) is 0 Å². The first-order valence-electron chi connectivity index (χ1n) is 8.14. The van der Waals surface area contributed by atoms with Gasteiger partial charge in [0.1, 0.15) is 0 Å². The number of nitrogens with one attached hydrogen (secondary N) is 1. The highest BCUT2D eigenvalue weighted by Gasteiger charge is 2.22. The highest BCUT2D eigenvalue weighted by molar-refractivity contribution is 6.06. The van der Waals surface area contributed by atoms with Crippen molar-refractivity contribution in [2.24, 2.45) is 0 Å². The summed E-state index contributed by atoms with van der Waals surface area (Å²) in [5.41, 5.74) is 2.48. The second kappa shape index (κ2) is 7.03. The summed E-state index contributed by atoms with van der Waals surface area (Å²) in [7, 11) is 0. The Morgan fingerprint density at radius 2 is 1.46 bits per heavy atom. The first-order chi connectivity index (χ1) is 12.8. The van der Waals surface area contributed by atoms with Crippen molar-refractivity contribution in [3.63, 3.8) is 0 Å². The van der Waals surface area contributed by atoms with Gasteiger partial charge in [-0.05, 0) is 36.4 Å². The third-order valence-electron chi connectivity index (χ3n) is 3.84. The summed E-state index contributed by atoms with van der Waals surface area (Å²) in [5.74, 6) is 0.490. The molecule has 26 heavy (non-hydrogen) atoms. The maximum absolute atomic E-state index is 12.8. The number of carbonyl (C=O) groups excluding carboxylic acids is 1. The Balaban J connectivity index is 1.77. The minimum Gasteiger partial charge on any atom is -0.435 e. The van der Waals surface area contributed by atoms with Gasteiger partial charge in [0, 0.05) is 29.2 Å². The summed E-state index contributed by atoms with van der Waals surface area (Å²) < 4.78 is 5.95. The van der Waals surface area contributed by atoms with Gasteiger partial charge in [-0.1, -0.05) is 36.4 Å². The number of hydrogen-bond acceptors (Lipinski definition) is 4. The lowest BCUT2D eigenvalue weighted by molar-refractivity contribution is 0.102. The van der Waals surface area contributed by atoms with E-state index in [0.717, 1.165) is 11.1 Å². The van der Waals surface area contributed by atoms with Crippen molar-refractivity contribution in [3.05, 3.63) is 90.9 Å². The molecule has 5 nitrogen and oxygen atoms in total. The number of nitrogens with zero attached hydrogens (tertiary/aromatic N) is 2. The van der Waals surface area contributed by atoms with E-state index < -0.39 is 0 Å². The van der Waals surface area contributed by atoms with Crippen LogP contribution < -0.4 is 5.32 Å². The molecule has 0 aliphatic carbocycles. The summed E-state index contributed by atoms with van der Waals surface area (Å²) in [6.07, 6.45) is 3.30. The first kappa shape index (κ1) is 15.8. The van der Waals surface area contributed by atoms with Gasteiger partial charge in [-0.25, -0.2) is 4.98 Å². The highest BCUT2D eigenvalue weighted by atomic mass is 16.4. The molecule has 4 aromatic rings. The molecular weight excluding hydrogens is 326 g/mol. The molecule has 0 unspecified atom stereocenters. The number of oxazole rings is 1. The summed E-state index contributed by atoms with van der Waals surface area (Å²) >= 11 is 0. The van der Waals surface area contributed by atoms with Crippen LogP contribution in [0.1, 0.15) is 10.5 Å². The second-order valence-corrected chi connectivity index (χ2v) is 5.62. The number of rotatable bonds is 4. The van der Waals surface area contributed by atoms with Crippen LogP contribution in [0.4, 0.5) is 5.69 Å². The average Bonchev–Trinajstić information content (AvgIpc) is 3.16. The van der Waals surface area contributed by atoms with Crippen LogP contribution in [-0.4, -0.2) is 15.9 Å². The van der Waals surface area contributed by atoms with E-state index in [0.29, 0.717) is 17.3 Å². The molecule has 2 aromatic carbocycles. The molecular formula is C21H15N3O2. The van der Waals surface area contributed by atoms with Gasteiger partial charge in [0.2, 0.25) is 5.89 Å². The van der Waals surface area contributed by atoms with E-state index >= 15 is 0 Å². The van der Waals surface area contributed by atoms with Crippen molar-refractivity contribution in [1.29, 1.82) is 0 Å². The van der Waals surface area contributed by atoms with E-state index in [1.165, 1.54) is 0 Å². The summed E-state index contributed by atoms with van der Waals surface area (Å²) in [6, 6.07) is 22.3. The molecule has 5 heteroatoms. The maximum Gasteiger partial charge on any atom is 0.278 e. The SMILES string of the molecule is O=C(Nc1ccccc1)c1nc(-c2ccccc2)oc1-c1ccncc1. The van der Waals surface area contributed by atoms with Gasteiger partial charge in [-0.2, -0.15) is 0 Å². The van der Waals surface area contributed by atoms with Gasteiger partial charge in [0.15, 0.2) is 11.5 Å². The molecule has 126 valence electrons. The van der Waals surface area contributed by atoms with Gasteiger partial charge in [0.05, 0.1) is 0 Å².